The molecule has 0 aromatic heterocycles. The quantitative estimate of drug-likeness (QED) is 0.532. The molecule has 0 radical (unpaired) electrons. The van der Waals surface area contributed by atoms with E-state index in [1.54, 1.807) is 12.1 Å². The van der Waals surface area contributed by atoms with Gasteiger partial charge in [0.05, 0.1) is 17.7 Å². The largest absolute Gasteiger partial charge is 0.470 e. The summed E-state index contributed by atoms with van der Waals surface area (Å²) < 4.78 is 64.0. The van der Waals surface area contributed by atoms with Gasteiger partial charge >= 0.3 is 12.1 Å². The molecule has 0 bridgehead atoms. The SMILES string of the molecule is N#Cc1cc(F)cc(Oc2ccc(SCF)c3c2CCC3O)c1.NC(=O)C(F)(F)F. The first-order valence-corrected chi connectivity index (χ1v) is 9.33. The Labute approximate surface area is 172 Å². The predicted molar refractivity (Wildman–Crippen MR) is 98.0 cm³/mol. The van der Waals surface area contributed by atoms with Crippen molar-refractivity contribution in [3.8, 4) is 17.6 Å². The van der Waals surface area contributed by atoms with Gasteiger partial charge in [-0.15, -0.1) is 0 Å². The summed E-state index contributed by atoms with van der Waals surface area (Å²) in [5.74, 6) is -2.10. The number of nitrogens with zero attached hydrogens (tertiary/aromatic N) is 1. The van der Waals surface area contributed by atoms with Gasteiger partial charge in [-0.05, 0) is 37.1 Å². The fourth-order valence-corrected chi connectivity index (χ4v) is 3.46. The molecule has 3 N–H and O–H groups in total. The number of benzene rings is 2. The van der Waals surface area contributed by atoms with E-state index in [0.717, 1.165) is 23.4 Å². The molecule has 5 nitrogen and oxygen atoms in total. The van der Waals surface area contributed by atoms with Gasteiger partial charge in [0.2, 0.25) is 0 Å². The molecule has 1 aliphatic rings. The number of nitriles is 1. The maximum atomic E-state index is 13.5. The molecule has 160 valence electrons. The van der Waals surface area contributed by atoms with E-state index in [1.807, 2.05) is 6.07 Å². The van der Waals surface area contributed by atoms with Gasteiger partial charge in [0.15, 0.2) is 0 Å². The molecule has 0 fully saturated rings. The van der Waals surface area contributed by atoms with Crippen LogP contribution in [0.25, 0.3) is 0 Å². The number of aliphatic hydroxyl groups excluding tert-OH is 1. The first-order chi connectivity index (χ1) is 14.1. The number of amides is 1. The van der Waals surface area contributed by atoms with Gasteiger partial charge in [-0.1, -0.05) is 11.8 Å². The zero-order chi connectivity index (χ0) is 22.5. The van der Waals surface area contributed by atoms with Crippen molar-refractivity contribution in [3.63, 3.8) is 0 Å². The molecule has 0 aliphatic heterocycles. The van der Waals surface area contributed by atoms with Gasteiger partial charge in [-0.25, -0.2) is 8.78 Å². The maximum Gasteiger partial charge on any atom is 0.470 e. The van der Waals surface area contributed by atoms with Gasteiger partial charge in [0.1, 0.15) is 23.3 Å². The summed E-state index contributed by atoms with van der Waals surface area (Å²) in [4.78, 5) is 9.81. The number of aliphatic hydroxyl groups is 1. The van der Waals surface area contributed by atoms with Crippen LogP contribution in [0, 0.1) is 17.1 Å². The lowest BCUT2D eigenvalue weighted by Crippen LogP contribution is -2.30. The van der Waals surface area contributed by atoms with E-state index in [9.17, 15) is 27.1 Å². The molecule has 2 aromatic rings. The first-order valence-electron chi connectivity index (χ1n) is 8.34. The highest BCUT2D eigenvalue weighted by Gasteiger charge is 2.35. The summed E-state index contributed by atoms with van der Waals surface area (Å²) in [5.41, 5.74) is 5.46. The van der Waals surface area contributed by atoms with Crippen LogP contribution in [-0.4, -0.2) is 23.2 Å². The van der Waals surface area contributed by atoms with E-state index in [1.165, 1.54) is 12.1 Å². The molecule has 0 saturated heterocycles. The Balaban J connectivity index is 0.000000396. The van der Waals surface area contributed by atoms with Crippen LogP contribution in [0.3, 0.4) is 0 Å². The number of hydrogen-bond acceptors (Lipinski definition) is 5. The minimum atomic E-state index is -4.86. The van der Waals surface area contributed by atoms with Gasteiger partial charge in [0, 0.05) is 22.1 Å². The second-order valence-electron chi connectivity index (χ2n) is 6.01. The lowest BCUT2D eigenvalue weighted by Gasteiger charge is -2.14. The number of rotatable bonds is 4. The van der Waals surface area contributed by atoms with Crippen molar-refractivity contribution >= 4 is 17.7 Å². The number of fused-ring (bicyclic) bond motifs is 1. The van der Waals surface area contributed by atoms with Crippen molar-refractivity contribution in [3.05, 3.63) is 52.8 Å². The molecule has 0 saturated carbocycles. The molecule has 1 unspecified atom stereocenters. The second-order valence-corrected chi connectivity index (χ2v) is 6.96. The Morgan fingerprint density at radius 1 is 1.33 bits per heavy atom. The predicted octanol–water partition coefficient (Wildman–Crippen LogP) is 4.52. The summed E-state index contributed by atoms with van der Waals surface area (Å²) in [7, 11) is 0. The number of primary amides is 1. The van der Waals surface area contributed by atoms with E-state index in [2.05, 4.69) is 5.73 Å². The number of nitrogens with two attached hydrogens (primary N) is 1. The van der Waals surface area contributed by atoms with E-state index in [4.69, 9.17) is 14.8 Å². The first kappa shape index (κ1) is 23.4. The number of halogens is 5. The van der Waals surface area contributed by atoms with Crippen LogP contribution >= 0.6 is 11.8 Å². The number of carbonyl (C=O) groups is 1. The van der Waals surface area contributed by atoms with Crippen LogP contribution < -0.4 is 10.5 Å². The Kier molecular flexibility index (Phi) is 7.64. The van der Waals surface area contributed by atoms with Crippen LogP contribution in [0.15, 0.2) is 35.2 Å². The molecule has 0 heterocycles. The topological polar surface area (TPSA) is 96.3 Å². The third kappa shape index (κ3) is 5.84. The molecule has 3 rings (SSSR count). The molecule has 30 heavy (non-hydrogen) atoms. The molecule has 1 atom stereocenters. The number of carbonyl (C=O) groups excluding carboxylic acids is 1. The Hall–Kier alpha value is -2.84. The van der Waals surface area contributed by atoms with Gasteiger partial charge in [-0.2, -0.15) is 18.4 Å². The number of ether oxygens (including phenoxy) is 1. The highest BCUT2D eigenvalue weighted by Crippen LogP contribution is 2.44. The zero-order valence-electron chi connectivity index (χ0n) is 15.2. The molecule has 0 spiro atoms. The van der Waals surface area contributed by atoms with Gasteiger partial charge in [0.25, 0.3) is 0 Å². The summed E-state index contributed by atoms with van der Waals surface area (Å²) in [6.07, 6.45) is -4.36. The summed E-state index contributed by atoms with van der Waals surface area (Å²) >= 11 is 1.02. The lowest BCUT2D eigenvalue weighted by molar-refractivity contribution is -0.169. The normalized spacial score (nSPS) is 14.9. The van der Waals surface area contributed by atoms with E-state index >= 15 is 0 Å². The third-order valence-corrected chi connectivity index (χ3v) is 4.77. The third-order valence-electron chi connectivity index (χ3n) is 3.99. The Bertz CT molecular complexity index is 976. The van der Waals surface area contributed by atoms with Crippen molar-refractivity contribution in [1.29, 1.82) is 5.26 Å². The highest BCUT2D eigenvalue weighted by molar-refractivity contribution is 7.99. The average Bonchev–Trinajstić information content (AvgIpc) is 3.05. The highest BCUT2D eigenvalue weighted by atomic mass is 32.2. The van der Waals surface area contributed by atoms with Crippen molar-refractivity contribution in [2.24, 2.45) is 5.73 Å². The molecule has 2 aromatic carbocycles. The monoisotopic (exact) mass is 446 g/mol. The average molecular weight is 446 g/mol. The van der Waals surface area contributed by atoms with E-state index in [0.29, 0.717) is 29.1 Å². The maximum absolute atomic E-state index is 13.5. The minimum Gasteiger partial charge on any atom is -0.457 e. The van der Waals surface area contributed by atoms with Crippen LogP contribution in [-0.2, 0) is 11.2 Å². The second kappa shape index (κ2) is 9.77. The number of alkyl halides is 4. The van der Waals surface area contributed by atoms with Crippen LogP contribution in [0.4, 0.5) is 22.0 Å². The molecule has 11 heteroatoms. The summed E-state index contributed by atoms with van der Waals surface area (Å²) in [5, 5.41) is 19.0. The van der Waals surface area contributed by atoms with E-state index in [-0.39, 0.29) is 11.3 Å². The van der Waals surface area contributed by atoms with Crippen molar-refractivity contribution in [2.45, 2.75) is 30.0 Å². The number of thioether (sulfide) groups is 1. The fraction of sp³-hybridized carbons (Fsp3) is 0.263. The molecular weight excluding hydrogens is 431 g/mol. The Morgan fingerprint density at radius 2 is 2.00 bits per heavy atom. The number of hydrogen-bond donors (Lipinski definition) is 2. The van der Waals surface area contributed by atoms with E-state index < -0.39 is 30.0 Å². The molecular formula is C19H15F5N2O3S. The molecule has 1 aliphatic carbocycles. The molecule has 1 amide bonds. The van der Waals surface area contributed by atoms with Crippen molar-refractivity contribution in [2.75, 3.05) is 6.01 Å². The summed E-state index contributed by atoms with van der Waals surface area (Å²) in [6.45, 7) is 0. The summed E-state index contributed by atoms with van der Waals surface area (Å²) in [6, 6.07) is 8.45. The van der Waals surface area contributed by atoms with Gasteiger partial charge < -0.3 is 15.6 Å². The smallest absolute Gasteiger partial charge is 0.457 e. The van der Waals surface area contributed by atoms with Crippen molar-refractivity contribution in [1.82, 2.24) is 0 Å². The van der Waals surface area contributed by atoms with Crippen LogP contribution in [0.1, 0.15) is 29.2 Å². The zero-order valence-corrected chi connectivity index (χ0v) is 16.0. The van der Waals surface area contributed by atoms with Crippen molar-refractivity contribution < 1.29 is 36.6 Å². The van der Waals surface area contributed by atoms with Crippen LogP contribution in [0.5, 0.6) is 11.5 Å². The lowest BCUT2D eigenvalue weighted by atomic mass is 10.1. The standard InChI is InChI=1S/C17H13F2NO2S.C2H2F3NO/c18-9-23-16-4-3-15(13-1-2-14(21)17(13)16)22-12-6-10(8-20)5-11(19)7-12;3-2(4,5)1(6)7/h3-7,14,21H,1-2,9H2;(H2,6,7). The van der Waals surface area contributed by atoms with Gasteiger partial charge in [-0.3, -0.25) is 4.79 Å². The fourth-order valence-electron chi connectivity index (χ4n) is 2.77. The minimum absolute atomic E-state index is 0.168. The Morgan fingerprint density at radius 3 is 2.57 bits per heavy atom. The van der Waals surface area contributed by atoms with Crippen LogP contribution in [0.2, 0.25) is 0 Å².